The fourth-order valence-electron chi connectivity index (χ4n) is 2.21. The van der Waals surface area contributed by atoms with Gasteiger partial charge in [-0.05, 0) is 34.8 Å². The predicted octanol–water partition coefficient (Wildman–Crippen LogP) is 2.83. The Labute approximate surface area is 113 Å². The molecule has 0 amide bonds. The van der Waals surface area contributed by atoms with E-state index >= 15 is 0 Å². The Kier molecular flexibility index (Phi) is 3.20. The molecule has 0 unspecified atom stereocenters. The second-order valence-corrected chi connectivity index (χ2v) is 5.94. The molecule has 1 fully saturated rings. The molecule has 5 heteroatoms. The number of hydrogen-bond acceptors (Lipinski definition) is 4. The van der Waals surface area contributed by atoms with Gasteiger partial charge < -0.3 is 10.2 Å². The van der Waals surface area contributed by atoms with Crippen molar-refractivity contribution in [3.63, 3.8) is 0 Å². The van der Waals surface area contributed by atoms with Gasteiger partial charge in [0.15, 0.2) is 0 Å². The molecule has 3 heterocycles. The van der Waals surface area contributed by atoms with E-state index in [1.54, 1.807) is 11.3 Å². The fraction of sp³-hybridized carbons (Fsp3) is 0.417. The Morgan fingerprint density at radius 2 is 2.12 bits per heavy atom. The van der Waals surface area contributed by atoms with E-state index in [9.17, 15) is 0 Å². The maximum Gasteiger partial charge on any atom is 0.122 e. The molecule has 0 spiro atoms. The van der Waals surface area contributed by atoms with E-state index in [2.05, 4.69) is 43.3 Å². The molecule has 1 aromatic heterocycles. The monoisotopic (exact) mass is 311 g/mol. The number of likely N-dealkylation sites (tertiary alicyclic amines) is 1. The van der Waals surface area contributed by atoms with E-state index in [0.29, 0.717) is 0 Å². The number of allylic oxidation sites excluding steroid dienone is 2. The normalized spacial score (nSPS) is 19.9. The number of dihydropyridines is 1. The molecule has 0 radical (unpaired) electrons. The van der Waals surface area contributed by atoms with Crippen LogP contribution in [0.2, 0.25) is 0 Å². The lowest BCUT2D eigenvalue weighted by atomic mass is 10.2. The highest BCUT2D eigenvalue weighted by Gasteiger charge is 2.17. The SMILES string of the molecule is Brc1csc(C2=CC=C(N3CCCC3)NC2)n1. The Hall–Kier alpha value is -0.810. The first kappa shape index (κ1) is 11.3. The summed E-state index contributed by atoms with van der Waals surface area (Å²) in [6, 6.07) is 0. The minimum atomic E-state index is 0.877. The van der Waals surface area contributed by atoms with Crippen molar-refractivity contribution in [2.24, 2.45) is 0 Å². The maximum atomic E-state index is 4.44. The first-order valence-electron chi connectivity index (χ1n) is 5.84. The largest absolute Gasteiger partial charge is 0.368 e. The summed E-state index contributed by atoms with van der Waals surface area (Å²) in [5, 5.41) is 6.61. The van der Waals surface area contributed by atoms with E-state index in [1.165, 1.54) is 37.3 Å². The Balaban J connectivity index is 1.77. The topological polar surface area (TPSA) is 28.2 Å². The lowest BCUT2D eigenvalue weighted by Crippen LogP contribution is -2.32. The lowest BCUT2D eigenvalue weighted by Gasteiger charge is -2.25. The number of thiazole rings is 1. The summed E-state index contributed by atoms with van der Waals surface area (Å²) < 4.78 is 0.924. The zero-order chi connectivity index (χ0) is 11.7. The van der Waals surface area contributed by atoms with Gasteiger partial charge in [0, 0.05) is 30.6 Å². The van der Waals surface area contributed by atoms with E-state index in [0.717, 1.165) is 16.2 Å². The Bertz CT molecular complexity index is 472. The van der Waals surface area contributed by atoms with Gasteiger partial charge in [0.2, 0.25) is 0 Å². The van der Waals surface area contributed by atoms with Crippen molar-refractivity contribution < 1.29 is 0 Å². The molecular formula is C12H14BrN3S. The first-order valence-corrected chi connectivity index (χ1v) is 7.51. The summed E-state index contributed by atoms with van der Waals surface area (Å²) in [5.74, 6) is 1.27. The van der Waals surface area contributed by atoms with Crippen molar-refractivity contribution in [2.75, 3.05) is 19.6 Å². The molecule has 1 aromatic rings. The molecule has 2 aliphatic rings. The third-order valence-electron chi connectivity index (χ3n) is 3.10. The summed E-state index contributed by atoms with van der Waals surface area (Å²) in [4.78, 5) is 6.86. The van der Waals surface area contributed by atoms with Crippen molar-refractivity contribution >= 4 is 32.8 Å². The van der Waals surface area contributed by atoms with Gasteiger partial charge in [0.1, 0.15) is 15.4 Å². The van der Waals surface area contributed by atoms with Gasteiger partial charge in [-0.2, -0.15) is 0 Å². The molecule has 0 aliphatic carbocycles. The van der Waals surface area contributed by atoms with Gasteiger partial charge in [-0.3, -0.25) is 0 Å². The highest BCUT2D eigenvalue weighted by atomic mass is 79.9. The average molecular weight is 312 g/mol. The molecule has 0 saturated carbocycles. The van der Waals surface area contributed by atoms with Crippen LogP contribution in [0.1, 0.15) is 17.8 Å². The van der Waals surface area contributed by atoms with Gasteiger partial charge >= 0.3 is 0 Å². The van der Waals surface area contributed by atoms with Gasteiger partial charge in [-0.15, -0.1) is 11.3 Å². The van der Waals surface area contributed by atoms with Crippen LogP contribution in [0.5, 0.6) is 0 Å². The molecule has 90 valence electrons. The quantitative estimate of drug-likeness (QED) is 0.910. The van der Waals surface area contributed by atoms with Gasteiger partial charge in [-0.25, -0.2) is 4.98 Å². The van der Waals surface area contributed by atoms with Crippen LogP contribution < -0.4 is 5.32 Å². The zero-order valence-electron chi connectivity index (χ0n) is 9.45. The van der Waals surface area contributed by atoms with E-state index < -0.39 is 0 Å². The number of hydrogen-bond donors (Lipinski definition) is 1. The van der Waals surface area contributed by atoms with Gasteiger partial charge in [-0.1, -0.05) is 6.08 Å². The van der Waals surface area contributed by atoms with Crippen LogP contribution in [0.3, 0.4) is 0 Å². The van der Waals surface area contributed by atoms with Crippen LogP contribution in [0.25, 0.3) is 5.57 Å². The number of halogens is 1. The molecule has 0 atom stereocenters. The molecule has 2 aliphatic heterocycles. The van der Waals surface area contributed by atoms with Crippen molar-refractivity contribution in [3.05, 3.63) is 33.0 Å². The number of aromatic nitrogens is 1. The van der Waals surface area contributed by atoms with Gasteiger partial charge in [0.05, 0.1) is 0 Å². The highest BCUT2D eigenvalue weighted by molar-refractivity contribution is 9.10. The lowest BCUT2D eigenvalue weighted by molar-refractivity contribution is 0.394. The summed E-state index contributed by atoms with van der Waals surface area (Å²) in [6.45, 7) is 3.25. The van der Waals surface area contributed by atoms with E-state index in [1.807, 2.05) is 5.38 Å². The van der Waals surface area contributed by atoms with Crippen LogP contribution in [0.4, 0.5) is 0 Å². The summed E-state index contributed by atoms with van der Waals surface area (Å²) in [7, 11) is 0. The first-order chi connectivity index (χ1) is 8.33. The second-order valence-electron chi connectivity index (χ2n) is 4.27. The van der Waals surface area contributed by atoms with Crippen LogP contribution >= 0.6 is 27.3 Å². The molecule has 1 saturated heterocycles. The smallest absolute Gasteiger partial charge is 0.122 e. The molecule has 0 aromatic carbocycles. The molecule has 1 N–H and O–H groups in total. The summed E-state index contributed by atoms with van der Waals surface area (Å²) in [5.41, 5.74) is 1.27. The highest BCUT2D eigenvalue weighted by Crippen LogP contribution is 2.25. The van der Waals surface area contributed by atoms with Crippen LogP contribution in [-0.2, 0) is 0 Å². The number of rotatable bonds is 2. The average Bonchev–Trinajstić information content (AvgIpc) is 3.00. The maximum absolute atomic E-state index is 4.44. The number of nitrogens with one attached hydrogen (secondary N) is 1. The molecule has 17 heavy (non-hydrogen) atoms. The molecule has 3 rings (SSSR count). The Morgan fingerprint density at radius 1 is 1.29 bits per heavy atom. The minimum Gasteiger partial charge on any atom is -0.368 e. The van der Waals surface area contributed by atoms with E-state index in [4.69, 9.17) is 0 Å². The third kappa shape index (κ3) is 2.40. The molecule has 0 bridgehead atoms. The van der Waals surface area contributed by atoms with Crippen molar-refractivity contribution in [2.45, 2.75) is 12.8 Å². The summed E-state index contributed by atoms with van der Waals surface area (Å²) >= 11 is 5.07. The second kappa shape index (κ2) is 4.82. The van der Waals surface area contributed by atoms with E-state index in [-0.39, 0.29) is 0 Å². The predicted molar refractivity (Wildman–Crippen MR) is 74.7 cm³/mol. The van der Waals surface area contributed by atoms with Crippen LogP contribution in [0, 0.1) is 0 Å². The standard InChI is InChI=1S/C12H14BrN3S/c13-10-8-17-12(15-10)9-3-4-11(14-7-9)16-5-1-2-6-16/h3-4,8,14H,1-2,5-7H2. The molecular weight excluding hydrogens is 298 g/mol. The van der Waals surface area contributed by atoms with Crippen LogP contribution in [-0.4, -0.2) is 29.5 Å². The molecule has 3 nitrogen and oxygen atoms in total. The third-order valence-corrected chi connectivity index (χ3v) is 4.73. The van der Waals surface area contributed by atoms with Crippen LogP contribution in [0.15, 0.2) is 28.0 Å². The fourth-order valence-corrected chi connectivity index (χ4v) is 3.49. The van der Waals surface area contributed by atoms with Gasteiger partial charge in [0.25, 0.3) is 0 Å². The van der Waals surface area contributed by atoms with Crippen molar-refractivity contribution in [1.29, 1.82) is 0 Å². The Morgan fingerprint density at radius 3 is 2.71 bits per heavy atom. The minimum absolute atomic E-state index is 0.877. The number of nitrogens with zero attached hydrogens (tertiary/aromatic N) is 2. The van der Waals surface area contributed by atoms with Crippen molar-refractivity contribution in [3.8, 4) is 0 Å². The summed E-state index contributed by atoms with van der Waals surface area (Å²) in [6.07, 6.45) is 7.00. The van der Waals surface area contributed by atoms with Crippen molar-refractivity contribution in [1.82, 2.24) is 15.2 Å². The zero-order valence-corrected chi connectivity index (χ0v) is 11.9.